The zero-order valence-corrected chi connectivity index (χ0v) is 11.9. The summed E-state index contributed by atoms with van der Waals surface area (Å²) in [5, 5.41) is 2.86. The van der Waals surface area contributed by atoms with Crippen molar-refractivity contribution in [1.29, 1.82) is 0 Å². The highest BCUT2D eigenvalue weighted by Crippen LogP contribution is 2.14. The standard InChI is InChI=1S/C12H16BrNOS/c1-9(2)7-16-8-12(15)14-11-5-3-10(13)4-6-11/h3-6,9H,7-8H2,1-2H3,(H,14,15). The lowest BCUT2D eigenvalue weighted by Crippen LogP contribution is -2.14. The van der Waals surface area contributed by atoms with Crippen LogP contribution in [0.15, 0.2) is 28.7 Å². The van der Waals surface area contributed by atoms with E-state index >= 15 is 0 Å². The topological polar surface area (TPSA) is 29.1 Å². The number of anilines is 1. The highest BCUT2D eigenvalue weighted by molar-refractivity contribution is 9.10. The summed E-state index contributed by atoms with van der Waals surface area (Å²) in [7, 11) is 0. The molecule has 0 aliphatic rings. The maximum atomic E-state index is 11.5. The van der Waals surface area contributed by atoms with Crippen LogP contribution in [-0.2, 0) is 4.79 Å². The zero-order chi connectivity index (χ0) is 12.0. The van der Waals surface area contributed by atoms with Gasteiger partial charge in [-0.15, -0.1) is 0 Å². The van der Waals surface area contributed by atoms with E-state index in [9.17, 15) is 4.79 Å². The van der Waals surface area contributed by atoms with Gasteiger partial charge in [-0.1, -0.05) is 29.8 Å². The van der Waals surface area contributed by atoms with E-state index in [0.29, 0.717) is 11.7 Å². The van der Waals surface area contributed by atoms with E-state index in [2.05, 4.69) is 35.1 Å². The summed E-state index contributed by atoms with van der Waals surface area (Å²) in [6, 6.07) is 7.60. The Hall–Kier alpha value is -0.480. The zero-order valence-electron chi connectivity index (χ0n) is 9.50. The van der Waals surface area contributed by atoms with Crippen LogP contribution in [0.3, 0.4) is 0 Å². The van der Waals surface area contributed by atoms with Crippen LogP contribution in [0.2, 0.25) is 0 Å². The molecule has 0 bridgehead atoms. The number of hydrogen-bond donors (Lipinski definition) is 1. The predicted octanol–water partition coefficient (Wildman–Crippen LogP) is 3.78. The summed E-state index contributed by atoms with van der Waals surface area (Å²) in [6.07, 6.45) is 0. The molecule has 0 aliphatic carbocycles. The lowest BCUT2D eigenvalue weighted by molar-refractivity contribution is -0.113. The number of halogens is 1. The molecule has 0 fully saturated rings. The molecule has 2 nitrogen and oxygen atoms in total. The van der Waals surface area contributed by atoms with E-state index < -0.39 is 0 Å². The Morgan fingerprint density at radius 1 is 1.38 bits per heavy atom. The van der Waals surface area contributed by atoms with E-state index in [0.717, 1.165) is 15.9 Å². The molecular weight excluding hydrogens is 286 g/mol. The Balaban J connectivity index is 2.31. The van der Waals surface area contributed by atoms with Gasteiger partial charge in [-0.2, -0.15) is 11.8 Å². The fraction of sp³-hybridized carbons (Fsp3) is 0.417. The molecule has 1 rings (SSSR count). The van der Waals surface area contributed by atoms with Crippen molar-refractivity contribution < 1.29 is 4.79 Å². The van der Waals surface area contributed by atoms with E-state index in [1.54, 1.807) is 11.8 Å². The third-order valence-electron chi connectivity index (χ3n) is 1.81. The fourth-order valence-electron chi connectivity index (χ4n) is 1.12. The Bertz CT molecular complexity index is 337. The van der Waals surface area contributed by atoms with Gasteiger partial charge in [-0.3, -0.25) is 4.79 Å². The molecule has 4 heteroatoms. The first kappa shape index (κ1) is 13.6. The molecule has 0 aromatic heterocycles. The minimum atomic E-state index is 0.0629. The molecule has 1 amide bonds. The molecular formula is C12H16BrNOS. The molecule has 1 N–H and O–H groups in total. The Labute approximate surface area is 109 Å². The molecule has 0 saturated carbocycles. The smallest absolute Gasteiger partial charge is 0.234 e. The van der Waals surface area contributed by atoms with Gasteiger partial charge in [0.15, 0.2) is 0 Å². The lowest BCUT2D eigenvalue weighted by Gasteiger charge is -2.06. The number of thioether (sulfide) groups is 1. The Kier molecular flexibility index (Phi) is 5.91. The first-order valence-corrected chi connectivity index (χ1v) is 7.16. The third kappa shape index (κ3) is 5.56. The third-order valence-corrected chi connectivity index (χ3v) is 3.71. The quantitative estimate of drug-likeness (QED) is 0.897. The summed E-state index contributed by atoms with van der Waals surface area (Å²) in [5.41, 5.74) is 0.846. The monoisotopic (exact) mass is 301 g/mol. The summed E-state index contributed by atoms with van der Waals surface area (Å²) >= 11 is 5.02. The maximum absolute atomic E-state index is 11.5. The maximum Gasteiger partial charge on any atom is 0.234 e. The van der Waals surface area contributed by atoms with Crippen molar-refractivity contribution in [3.63, 3.8) is 0 Å². The number of nitrogens with one attached hydrogen (secondary N) is 1. The van der Waals surface area contributed by atoms with Crippen LogP contribution in [0, 0.1) is 5.92 Å². The van der Waals surface area contributed by atoms with E-state index in [1.165, 1.54) is 0 Å². The van der Waals surface area contributed by atoms with E-state index in [1.807, 2.05) is 24.3 Å². The van der Waals surface area contributed by atoms with Crippen LogP contribution in [0.25, 0.3) is 0 Å². The van der Waals surface area contributed by atoms with E-state index in [4.69, 9.17) is 0 Å². The highest BCUT2D eigenvalue weighted by Gasteiger charge is 2.03. The van der Waals surface area contributed by atoms with E-state index in [-0.39, 0.29) is 5.91 Å². The first-order chi connectivity index (χ1) is 7.58. The van der Waals surface area contributed by atoms with Crippen molar-refractivity contribution in [2.45, 2.75) is 13.8 Å². The van der Waals surface area contributed by atoms with Gasteiger partial charge in [-0.25, -0.2) is 0 Å². The van der Waals surface area contributed by atoms with Gasteiger partial charge in [0, 0.05) is 10.2 Å². The van der Waals surface area contributed by atoms with Crippen LogP contribution in [0.4, 0.5) is 5.69 Å². The summed E-state index contributed by atoms with van der Waals surface area (Å²) < 4.78 is 1.01. The molecule has 16 heavy (non-hydrogen) atoms. The molecule has 0 aliphatic heterocycles. The largest absolute Gasteiger partial charge is 0.325 e. The molecule has 0 atom stereocenters. The number of amides is 1. The SMILES string of the molecule is CC(C)CSCC(=O)Nc1ccc(Br)cc1. The second-order valence-corrected chi connectivity index (χ2v) is 5.91. The van der Waals surface area contributed by atoms with Gasteiger partial charge in [0.1, 0.15) is 0 Å². The number of rotatable bonds is 5. The molecule has 0 spiro atoms. The van der Waals surface area contributed by atoms with Crippen LogP contribution in [0.1, 0.15) is 13.8 Å². The molecule has 1 aromatic carbocycles. The number of hydrogen-bond acceptors (Lipinski definition) is 2. The van der Waals surface area contributed by atoms with Gasteiger partial charge in [0.2, 0.25) is 5.91 Å². The van der Waals surface area contributed by atoms with Crippen molar-refractivity contribution in [1.82, 2.24) is 0 Å². The Morgan fingerprint density at radius 2 is 2.00 bits per heavy atom. The minimum absolute atomic E-state index is 0.0629. The normalized spacial score (nSPS) is 10.5. The van der Waals surface area contributed by atoms with Gasteiger partial charge >= 0.3 is 0 Å². The van der Waals surface area contributed by atoms with Gasteiger partial charge in [0.05, 0.1) is 5.75 Å². The molecule has 0 saturated heterocycles. The van der Waals surface area contributed by atoms with Gasteiger partial charge in [0.25, 0.3) is 0 Å². The van der Waals surface area contributed by atoms with Crippen molar-refractivity contribution in [3.05, 3.63) is 28.7 Å². The number of carbonyl (C=O) groups is 1. The van der Waals surface area contributed by atoms with Gasteiger partial charge in [-0.05, 0) is 35.9 Å². The molecule has 88 valence electrons. The average molecular weight is 302 g/mol. The molecule has 0 heterocycles. The first-order valence-electron chi connectivity index (χ1n) is 5.21. The van der Waals surface area contributed by atoms with Crippen molar-refractivity contribution in [3.8, 4) is 0 Å². The summed E-state index contributed by atoms with van der Waals surface area (Å²) in [5.74, 6) is 2.24. The minimum Gasteiger partial charge on any atom is -0.325 e. The number of carbonyl (C=O) groups excluding carboxylic acids is 1. The summed E-state index contributed by atoms with van der Waals surface area (Å²) in [6.45, 7) is 4.30. The van der Waals surface area contributed by atoms with Gasteiger partial charge < -0.3 is 5.32 Å². The Morgan fingerprint density at radius 3 is 2.56 bits per heavy atom. The highest BCUT2D eigenvalue weighted by atomic mass is 79.9. The molecule has 0 radical (unpaired) electrons. The van der Waals surface area contributed by atoms with Crippen molar-refractivity contribution in [2.24, 2.45) is 5.92 Å². The predicted molar refractivity (Wildman–Crippen MR) is 74.9 cm³/mol. The molecule has 1 aromatic rings. The van der Waals surface area contributed by atoms with Crippen molar-refractivity contribution >= 4 is 39.3 Å². The summed E-state index contributed by atoms with van der Waals surface area (Å²) in [4.78, 5) is 11.5. The van der Waals surface area contributed by atoms with Crippen LogP contribution in [0.5, 0.6) is 0 Å². The lowest BCUT2D eigenvalue weighted by atomic mass is 10.3. The second-order valence-electron chi connectivity index (χ2n) is 3.96. The molecule has 0 unspecified atom stereocenters. The van der Waals surface area contributed by atoms with Crippen LogP contribution < -0.4 is 5.32 Å². The second kappa shape index (κ2) is 6.97. The number of benzene rings is 1. The van der Waals surface area contributed by atoms with Crippen LogP contribution in [-0.4, -0.2) is 17.4 Å². The fourth-order valence-corrected chi connectivity index (χ4v) is 2.23. The van der Waals surface area contributed by atoms with Crippen molar-refractivity contribution in [2.75, 3.05) is 16.8 Å². The average Bonchev–Trinajstić information content (AvgIpc) is 2.21. The van der Waals surface area contributed by atoms with Crippen LogP contribution >= 0.6 is 27.7 Å².